The van der Waals surface area contributed by atoms with E-state index in [-0.39, 0.29) is 0 Å². The Morgan fingerprint density at radius 1 is 0.238 bits per heavy atom. The van der Waals surface area contributed by atoms with Crippen molar-refractivity contribution in [2.24, 2.45) is 0 Å². The molecule has 0 amide bonds. The van der Waals surface area contributed by atoms with Crippen molar-refractivity contribution in [1.29, 1.82) is 26.3 Å². The van der Waals surface area contributed by atoms with E-state index in [9.17, 15) is 26.3 Å². The van der Waals surface area contributed by atoms with Crippen LogP contribution in [0.2, 0.25) is 0 Å². The molecular weight excluding hydrogens is 1020 g/mol. The molecule has 8 nitrogen and oxygen atoms in total. The lowest BCUT2D eigenvalue weighted by Crippen LogP contribution is -2.05. The molecule has 11 aromatic carbocycles. The van der Waals surface area contributed by atoms with Crippen LogP contribution in [0.25, 0.3) is 133 Å². The first-order valence-electron chi connectivity index (χ1n) is 27.3. The molecule has 14 aromatic rings. The lowest BCUT2D eigenvalue weighted by molar-refractivity contribution is 1.12. The Morgan fingerprint density at radius 3 is 0.786 bits per heavy atom. The zero-order chi connectivity index (χ0) is 56.8. The number of fused-ring (bicyclic) bond motifs is 6. The molecular formula is C76H42N8. The van der Waals surface area contributed by atoms with Crippen LogP contribution in [-0.4, -0.2) is 14.1 Å². The first-order valence-corrected chi connectivity index (χ1v) is 27.3. The van der Waals surface area contributed by atoms with Gasteiger partial charge in [0.05, 0.1) is 91.4 Å². The predicted octanol–water partition coefficient (Wildman–Crippen LogP) is 18.3. The molecule has 0 atom stereocenters. The third-order valence-electron chi connectivity index (χ3n) is 15.9. The SMILES string of the molecule is N#Cc1ccc(-c2ccc3c(c2)c2cc(-c4ccc(C#N)cc4)ccc2n3-c2cc(-c3cc(-c4ccccc4)nc(-c4ccccc4)c3)cc(-n3c4ccc(-c5ccc(C#N)cc5)cc4c4cc(-c5ccc(C#N)cc5)ccc43)c2C#N)cc1. The van der Waals surface area contributed by atoms with Crippen LogP contribution in [0.15, 0.2) is 255 Å². The third kappa shape index (κ3) is 8.74. The molecule has 14 rings (SSSR count). The normalized spacial score (nSPS) is 11.0. The van der Waals surface area contributed by atoms with Crippen molar-refractivity contribution in [3.63, 3.8) is 0 Å². The second-order valence-corrected chi connectivity index (χ2v) is 20.7. The fourth-order valence-corrected chi connectivity index (χ4v) is 11.7. The van der Waals surface area contributed by atoms with Crippen molar-refractivity contribution in [3.8, 4) is 120 Å². The highest BCUT2D eigenvalue weighted by Gasteiger charge is 2.25. The molecule has 0 fully saturated rings. The minimum Gasteiger partial charge on any atom is -0.308 e. The molecule has 386 valence electrons. The van der Waals surface area contributed by atoms with E-state index in [0.717, 1.165) is 122 Å². The van der Waals surface area contributed by atoms with Gasteiger partial charge in [0.25, 0.3) is 0 Å². The number of benzene rings is 11. The number of aromatic nitrogens is 3. The highest BCUT2D eigenvalue weighted by Crippen LogP contribution is 2.44. The second kappa shape index (κ2) is 20.7. The monoisotopic (exact) mass is 1070 g/mol. The largest absolute Gasteiger partial charge is 0.308 e. The van der Waals surface area contributed by atoms with Crippen molar-refractivity contribution in [1.82, 2.24) is 14.1 Å². The summed E-state index contributed by atoms with van der Waals surface area (Å²) in [5, 5.41) is 54.7. The van der Waals surface area contributed by atoms with Gasteiger partial charge < -0.3 is 9.13 Å². The Hall–Kier alpha value is -12.4. The van der Waals surface area contributed by atoms with Crippen molar-refractivity contribution in [2.45, 2.75) is 0 Å². The Balaban J connectivity index is 1.09. The maximum absolute atomic E-state index is 12.1. The molecule has 0 aliphatic carbocycles. The topological polar surface area (TPSA) is 142 Å². The van der Waals surface area contributed by atoms with Gasteiger partial charge >= 0.3 is 0 Å². The van der Waals surface area contributed by atoms with Gasteiger partial charge in [-0.15, -0.1) is 0 Å². The van der Waals surface area contributed by atoms with E-state index in [1.54, 1.807) is 0 Å². The number of hydrogen-bond donors (Lipinski definition) is 0. The zero-order valence-corrected chi connectivity index (χ0v) is 44.8. The van der Waals surface area contributed by atoms with Gasteiger partial charge in [-0.3, -0.25) is 0 Å². The van der Waals surface area contributed by atoms with Crippen LogP contribution in [0.5, 0.6) is 0 Å². The smallest absolute Gasteiger partial charge is 0.104 e. The molecule has 84 heavy (non-hydrogen) atoms. The van der Waals surface area contributed by atoms with Gasteiger partial charge in [0, 0.05) is 32.7 Å². The van der Waals surface area contributed by atoms with Crippen LogP contribution in [-0.2, 0) is 0 Å². The predicted molar refractivity (Wildman–Crippen MR) is 335 cm³/mol. The summed E-state index contributed by atoms with van der Waals surface area (Å²) in [7, 11) is 0. The van der Waals surface area contributed by atoms with Gasteiger partial charge in [0.15, 0.2) is 0 Å². The van der Waals surface area contributed by atoms with Gasteiger partial charge in [-0.05, 0) is 177 Å². The molecule has 3 heterocycles. The van der Waals surface area contributed by atoms with Gasteiger partial charge in [0.1, 0.15) is 11.6 Å². The first-order chi connectivity index (χ1) is 41.4. The van der Waals surface area contributed by atoms with Gasteiger partial charge in [0.2, 0.25) is 0 Å². The highest BCUT2D eigenvalue weighted by molar-refractivity contribution is 6.14. The van der Waals surface area contributed by atoms with Crippen LogP contribution in [0.1, 0.15) is 27.8 Å². The summed E-state index contributed by atoms with van der Waals surface area (Å²) < 4.78 is 4.44. The number of rotatable bonds is 9. The average Bonchev–Trinajstić information content (AvgIpc) is 4.14. The van der Waals surface area contributed by atoms with E-state index >= 15 is 0 Å². The van der Waals surface area contributed by atoms with Crippen LogP contribution in [0, 0.1) is 56.7 Å². The summed E-state index contributed by atoms with van der Waals surface area (Å²) in [5.74, 6) is 0. The Morgan fingerprint density at radius 2 is 0.512 bits per heavy atom. The Kier molecular flexibility index (Phi) is 12.3. The van der Waals surface area contributed by atoms with Gasteiger partial charge in [-0.1, -0.05) is 133 Å². The lowest BCUT2D eigenvalue weighted by atomic mass is 9.97. The van der Waals surface area contributed by atoms with Crippen molar-refractivity contribution in [3.05, 3.63) is 283 Å². The van der Waals surface area contributed by atoms with Crippen LogP contribution in [0.4, 0.5) is 0 Å². The van der Waals surface area contributed by atoms with E-state index in [4.69, 9.17) is 4.98 Å². The molecule has 0 aliphatic heterocycles. The Bertz CT molecular complexity index is 4650. The number of pyridine rings is 1. The lowest BCUT2D eigenvalue weighted by Gasteiger charge is -2.19. The summed E-state index contributed by atoms with van der Waals surface area (Å²) in [4.78, 5) is 5.29. The third-order valence-corrected chi connectivity index (χ3v) is 15.9. The number of hydrogen-bond acceptors (Lipinski definition) is 6. The molecule has 0 N–H and O–H groups in total. The summed E-state index contributed by atoms with van der Waals surface area (Å²) >= 11 is 0. The molecule has 0 radical (unpaired) electrons. The van der Waals surface area contributed by atoms with E-state index in [2.05, 4.69) is 161 Å². The van der Waals surface area contributed by atoms with Gasteiger partial charge in [-0.2, -0.15) is 26.3 Å². The molecule has 3 aromatic heterocycles. The molecule has 0 saturated carbocycles. The zero-order valence-electron chi connectivity index (χ0n) is 44.8. The van der Waals surface area contributed by atoms with Crippen molar-refractivity contribution >= 4 is 43.6 Å². The standard InChI is InChI=1S/C76H42N8/c77-43-48-11-19-52(20-12-48)58-27-31-71-64(35-58)65-36-59(53-21-13-49(44-78)14-22-53)28-32-72(65)83(71)75-41-63(62-39-69(56-7-3-1-4-8-56)82-70(40-62)57-9-5-2-6-10-57)42-76(68(75)47-81)84-73-33-29-60(54-23-15-50(45-79)16-24-54)37-66(73)67-38-61(30-34-74(67)84)55-25-17-51(46-80)18-26-55/h1-42H. The van der Waals surface area contributed by atoms with Gasteiger partial charge in [-0.25, -0.2) is 4.98 Å². The molecule has 8 heteroatoms. The van der Waals surface area contributed by atoms with Crippen molar-refractivity contribution < 1.29 is 0 Å². The number of nitriles is 5. The molecule has 0 spiro atoms. The van der Waals surface area contributed by atoms with E-state index < -0.39 is 0 Å². The molecule has 0 saturated heterocycles. The maximum Gasteiger partial charge on any atom is 0.104 e. The van der Waals surface area contributed by atoms with Crippen LogP contribution < -0.4 is 0 Å². The quantitative estimate of drug-likeness (QED) is 0.141. The minimum atomic E-state index is 0.441. The summed E-state index contributed by atoms with van der Waals surface area (Å²) in [6, 6.07) is 96.8. The van der Waals surface area contributed by atoms with Crippen LogP contribution >= 0.6 is 0 Å². The van der Waals surface area contributed by atoms with Crippen LogP contribution in [0.3, 0.4) is 0 Å². The summed E-state index contributed by atoms with van der Waals surface area (Å²) in [6.07, 6.45) is 0. The fraction of sp³-hybridized carbons (Fsp3) is 0. The molecule has 0 bridgehead atoms. The fourth-order valence-electron chi connectivity index (χ4n) is 11.7. The van der Waals surface area contributed by atoms with E-state index in [1.807, 2.05) is 133 Å². The Labute approximate surface area is 484 Å². The highest BCUT2D eigenvalue weighted by atomic mass is 15.0. The maximum atomic E-state index is 12.1. The van der Waals surface area contributed by atoms with E-state index in [0.29, 0.717) is 39.2 Å². The van der Waals surface area contributed by atoms with Crippen molar-refractivity contribution in [2.75, 3.05) is 0 Å². The minimum absolute atomic E-state index is 0.441. The first kappa shape index (κ1) is 49.9. The molecule has 0 unspecified atom stereocenters. The second-order valence-electron chi connectivity index (χ2n) is 20.7. The van der Waals surface area contributed by atoms with E-state index in [1.165, 1.54) is 0 Å². The average molecular weight is 1070 g/mol. The summed E-state index contributed by atoms with van der Waals surface area (Å²) in [5.41, 5.74) is 20.6. The number of nitrogens with zero attached hydrogens (tertiary/aromatic N) is 8. The molecule has 0 aliphatic rings. The summed E-state index contributed by atoms with van der Waals surface area (Å²) in [6.45, 7) is 0.